The average Bonchev–Trinajstić information content (AvgIpc) is 1.94. The third kappa shape index (κ3) is 6.93. The highest BCUT2D eigenvalue weighted by molar-refractivity contribution is 7.73. The Bertz CT molecular complexity index is 225. The van der Waals surface area contributed by atoms with Gasteiger partial charge in [-0.1, -0.05) is 0 Å². The SMILES string of the molecule is Nc1ccc(O)cn1.O=S(O)O. The van der Waals surface area contributed by atoms with Gasteiger partial charge in [0.05, 0.1) is 6.20 Å². The lowest BCUT2D eigenvalue weighted by Crippen LogP contribution is -1.85. The molecule has 0 bridgehead atoms. The topological polar surface area (TPSA) is 117 Å². The van der Waals surface area contributed by atoms with Gasteiger partial charge in [-0.2, -0.15) is 4.21 Å². The summed E-state index contributed by atoms with van der Waals surface area (Å²) >= 11 is -2.61. The number of hydrogen-bond donors (Lipinski definition) is 4. The number of pyridine rings is 1. The molecule has 0 atom stereocenters. The first-order valence-electron chi connectivity index (χ1n) is 2.73. The van der Waals surface area contributed by atoms with Gasteiger partial charge in [-0.15, -0.1) is 0 Å². The van der Waals surface area contributed by atoms with Crippen LogP contribution in [0.4, 0.5) is 5.82 Å². The van der Waals surface area contributed by atoms with Crippen LogP contribution in [0.5, 0.6) is 5.75 Å². The molecule has 0 unspecified atom stereocenters. The highest BCUT2D eigenvalue weighted by Crippen LogP contribution is 2.05. The van der Waals surface area contributed by atoms with Crippen molar-refractivity contribution in [3.05, 3.63) is 18.3 Å². The molecule has 0 aromatic carbocycles. The normalized spacial score (nSPS) is 8.92. The van der Waals surface area contributed by atoms with Crippen molar-refractivity contribution in [1.82, 2.24) is 4.98 Å². The van der Waals surface area contributed by atoms with Crippen molar-refractivity contribution >= 4 is 17.2 Å². The number of nitrogens with zero attached hydrogens (tertiary/aromatic N) is 1. The first-order valence-corrected chi connectivity index (χ1v) is 3.79. The average molecular weight is 192 g/mol. The quantitative estimate of drug-likeness (QED) is 0.431. The van der Waals surface area contributed by atoms with Gasteiger partial charge >= 0.3 is 0 Å². The molecule has 0 aliphatic carbocycles. The van der Waals surface area contributed by atoms with Gasteiger partial charge in [0.2, 0.25) is 0 Å². The molecule has 0 spiro atoms. The Labute approximate surface area is 71.2 Å². The fourth-order valence-corrected chi connectivity index (χ4v) is 0.397. The summed E-state index contributed by atoms with van der Waals surface area (Å²) in [5.74, 6) is 0.557. The molecule has 0 aliphatic rings. The van der Waals surface area contributed by atoms with E-state index >= 15 is 0 Å². The maximum Gasteiger partial charge on any atom is 0.299 e. The second kappa shape index (κ2) is 5.47. The molecule has 5 N–H and O–H groups in total. The third-order valence-corrected chi connectivity index (χ3v) is 0.771. The van der Waals surface area contributed by atoms with Crippen LogP contribution >= 0.6 is 0 Å². The maximum absolute atomic E-state index is 8.67. The van der Waals surface area contributed by atoms with Crippen molar-refractivity contribution < 1.29 is 18.4 Å². The number of anilines is 1. The lowest BCUT2D eigenvalue weighted by Gasteiger charge is -1.88. The summed E-state index contributed by atoms with van der Waals surface area (Å²) in [4.78, 5) is 3.61. The van der Waals surface area contributed by atoms with Crippen LogP contribution in [0.15, 0.2) is 18.3 Å². The molecule has 0 saturated carbocycles. The van der Waals surface area contributed by atoms with Crippen LogP contribution in [0.25, 0.3) is 0 Å². The number of hydrogen-bond acceptors (Lipinski definition) is 4. The van der Waals surface area contributed by atoms with Gasteiger partial charge in [0, 0.05) is 0 Å². The maximum atomic E-state index is 8.67. The molecule has 0 saturated heterocycles. The van der Waals surface area contributed by atoms with Crippen LogP contribution in [-0.4, -0.2) is 23.4 Å². The van der Waals surface area contributed by atoms with E-state index in [-0.39, 0.29) is 5.75 Å². The van der Waals surface area contributed by atoms with Crippen LogP contribution in [0.2, 0.25) is 0 Å². The van der Waals surface area contributed by atoms with E-state index < -0.39 is 11.4 Å². The zero-order chi connectivity index (χ0) is 9.56. The zero-order valence-electron chi connectivity index (χ0n) is 5.91. The van der Waals surface area contributed by atoms with Gasteiger partial charge < -0.3 is 10.8 Å². The van der Waals surface area contributed by atoms with Crippen LogP contribution in [-0.2, 0) is 11.4 Å². The highest BCUT2D eigenvalue weighted by Gasteiger charge is 1.83. The highest BCUT2D eigenvalue weighted by atomic mass is 32.2. The van der Waals surface area contributed by atoms with E-state index in [1.807, 2.05) is 0 Å². The molecule has 6 nitrogen and oxygen atoms in total. The van der Waals surface area contributed by atoms with E-state index in [2.05, 4.69) is 4.98 Å². The first kappa shape index (κ1) is 10.8. The van der Waals surface area contributed by atoms with Crippen molar-refractivity contribution in [1.29, 1.82) is 0 Å². The molecular weight excluding hydrogens is 184 g/mol. The second-order valence-electron chi connectivity index (χ2n) is 1.67. The first-order chi connectivity index (χ1) is 5.52. The fourth-order valence-electron chi connectivity index (χ4n) is 0.397. The summed E-state index contributed by atoms with van der Waals surface area (Å²) < 4.78 is 22.8. The standard InChI is InChI=1S/C5H6N2O.H2O3S/c6-5-2-1-4(8)3-7-5;1-4(2)3/h1-3,8H,(H2,6,7);(H2,1,2,3). The Hall–Kier alpha value is -1.18. The number of nitrogen functional groups attached to an aromatic ring is 1. The van der Waals surface area contributed by atoms with Gasteiger partial charge in [-0.25, -0.2) is 4.98 Å². The van der Waals surface area contributed by atoms with E-state index in [1.165, 1.54) is 18.3 Å². The fraction of sp³-hybridized carbons (Fsp3) is 0. The molecule has 0 radical (unpaired) electrons. The molecule has 1 rings (SSSR count). The third-order valence-electron chi connectivity index (χ3n) is 0.771. The molecule has 0 aliphatic heterocycles. The summed E-state index contributed by atoms with van der Waals surface area (Å²) in [6, 6.07) is 3.03. The minimum atomic E-state index is -2.61. The van der Waals surface area contributed by atoms with Gasteiger partial charge in [-0.3, -0.25) is 9.11 Å². The van der Waals surface area contributed by atoms with Crippen molar-refractivity contribution in [2.24, 2.45) is 0 Å². The Morgan fingerprint density at radius 2 is 1.92 bits per heavy atom. The molecule has 1 aromatic rings. The monoisotopic (exact) mass is 192 g/mol. The Morgan fingerprint density at radius 3 is 2.17 bits per heavy atom. The van der Waals surface area contributed by atoms with Crippen molar-refractivity contribution in [2.75, 3.05) is 5.73 Å². The molecule has 68 valence electrons. The summed E-state index contributed by atoms with van der Waals surface area (Å²) in [6.45, 7) is 0. The van der Waals surface area contributed by atoms with Gasteiger partial charge in [0.25, 0.3) is 11.4 Å². The van der Waals surface area contributed by atoms with Gasteiger partial charge in [0.1, 0.15) is 11.6 Å². The van der Waals surface area contributed by atoms with Gasteiger partial charge in [0.15, 0.2) is 0 Å². The number of aromatic hydroxyl groups is 1. The lowest BCUT2D eigenvalue weighted by atomic mass is 10.4. The smallest absolute Gasteiger partial charge is 0.299 e. The summed E-state index contributed by atoms with van der Waals surface area (Å²) in [5.41, 5.74) is 5.20. The molecule has 1 aromatic heterocycles. The molecule has 12 heavy (non-hydrogen) atoms. The van der Waals surface area contributed by atoms with E-state index in [9.17, 15) is 0 Å². The van der Waals surface area contributed by atoms with E-state index in [4.69, 9.17) is 24.2 Å². The van der Waals surface area contributed by atoms with Gasteiger partial charge in [-0.05, 0) is 12.1 Å². The number of nitrogens with two attached hydrogens (primary N) is 1. The van der Waals surface area contributed by atoms with Crippen LogP contribution in [0.3, 0.4) is 0 Å². The summed E-state index contributed by atoms with van der Waals surface area (Å²) in [5, 5.41) is 8.64. The Balaban J connectivity index is 0.000000261. The van der Waals surface area contributed by atoms with Crippen LogP contribution in [0.1, 0.15) is 0 Å². The summed E-state index contributed by atoms with van der Waals surface area (Å²) in [7, 11) is 0. The zero-order valence-corrected chi connectivity index (χ0v) is 6.73. The van der Waals surface area contributed by atoms with Crippen molar-refractivity contribution in [2.45, 2.75) is 0 Å². The number of rotatable bonds is 0. The molecule has 0 amide bonds. The minimum absolute atomic E-state index is 0.138. The molecule has 0 fully saturated rings. The van der Waals surface area contributed by atoms with E-state index in [0.717, 1.165) is 0 Å². The van der Waals surface area contributed by atoms with Crippen molar-refractivity contribution in [3.8, 4) is 5.75 Å². The second-order valence-corrected chi connectivity index (χ2v) is 2.13. The largest absolute Gasteiger partial charge is 0.506 e. The van der Waals surface area contributed by atoms with E-state index in [0.29, 0.717) is 5.82 Å². The van der Waals surface area contributed by atoms with Crippen LogP contribution in [0, 0.1) is 0 Å². The Kier molecular flexibility index (Phi) is 4.93. The Morgan fingerprint density at radius 1 is 1.42 bits per heavy atom. The predicted octanol–water partition coefficient (Wildman–Crippen LogP) is 0.0505. The molecule has 7 heteroatoms. The van der Waals surface area contributed by atoms with Crippen molar-refractivity contribution in [3.63, 3.8) is 0 Å². The minimum Gasteiger partial charge on any atom is -0.506 e. The van der Waals surface area contributed by atoms with E-state index in [1.54, 1.807) is 0 Å². The molecule has 1 heterocycles. The number of aromatic nitrogens is 1. The lowest BCUT2D eigenvalue weighted by molar-refractivity contribution is 0.454. The van der Waals surface area contributed by atoms with Crippen LogP contribution < -0.4 is 5.73 Å². The summed E-state index contributed by atoms with van der Waals surface area (Å²) in [6.07, 6.45) is 1.30. The molecular formula is C5H8N2O4S. The predicted molar refractivity (Wildman–Crippen MR) is 43.7 cm³/mol.